The third-order valence-corrected chi connectivity index (χ3v) is 15.1. The molecule has 4 aromatic carbocycles. The Morgan fingerprint density at radius 3 is 1.38 bits per heavy atom. The highest BCUT2D eigenvalue weighted by atomic mass is 16.5. The maximum atomic E-state index is 11.9. The van der Waals surface area contributed by atoms with Gasteiger partial charge in [0.25, 0.3) is 0 Å². The molecular weight excluding hydrogens is 809 g/mol. The predicted octanol–water partition coefficient (Wildman–Crippen LogP) is 11.9. The molecule has 1 N–H and O–H groups in total. The Hall–Kier alpha value is -3.82. The molecule has 2 saturated heterocycles. The van der Waals surface area contributed by atoms with Crippen LogP contribution in [0.5, 0.6) is 0 Å². The molecule has 354 valence electrons. The number of carbonyl (C=O) groups excluding carboxylic acids is 1. The number of benzene rings is 4. The van der Waals surface area contributed by atoms with Crippen LogP contribution < -0.4 is 0 Å². The Bertz CT molecular complexity index is 2090. The van der Waals surface area contributed by atoms with Crippen LogP contribution in [-0.2, 0) is 49.7 Å². The maximum absolute atomic E-state index is 11.9. The summed E-state index contributed by atoms with van der Waals surface area (Å²) >= 11 is 0. The van der Waals surface area contributed by atoms with Crippen LogP contribution in [0.1, 0.15) is 126 Å². The minimum atomic E-state index is -0.591. The molecule has 2 saturated carbocycles. The summed E-state index contributed by atoms with van der Waals surface area (Å²) in [6.07, 6.45) is 17.6. The van der Waals surface area contributed by atoms with Gasteiger partial charge in [-0.2, -0.15) is 0 Å². The number of fused-ring (bicyclic) bond motifs is 2. The third-order valence-electron chi connectivity index (χ3n) is 15.1. The number of ether oxygens (including phenoxy) is 3. The molecule has 0 radical (unpaired) electrons. The van der Waals surface area contributed by atoms with Crippen molar-refractivity contribution < 1.29 is 28.9 Å². The number of rotatable bonds is 22. The normalized spacial score (nSPS) is 22.0. The van der Waals surface area contributed by atoms with Crippen LogP contribution in [0.25, 0.3) is 21.5 Å². The lowest BCUT2D eigenvalue weighted by molar-refractivity contribution is -0.148. The van der Waals surface area contributed by atoms with E-state index < -0.39 is 5.97 Å². The van der Waals surface area contributed by atoms with E-state index in [0.717, 1.165) is 142 Å². The van der Waals surface area contributed by atoms with Gasteiger partial charge in [-0.15, -0.1) is 0 Å². The zero-order valence-corrected chi connectivity index (χ0v) is 40.2. The van der Waals surface area contributed by atoms with Gasteiger partial charge in [-0.3, -0.25) is 19.4 Å². The monoisotopic (exact) mass is 889 g/mol. The molecule has 4 fully saturated rings. The number of methoxy groups -OCH3 is 1. The van der Waals surface area contributed by atoms with Gasteiger partial charge in [0.1, 0.15) is 0 Å². The van der Waals surface area contributed by atoms with E-state index in [0.29, 0.717) is 17.8 Å². The summed E-state index contributed by atoms with van der Waals surface area (Å²) in [6.45, 7) is 14.4. The summed E-state index contributed by atoms with van der Waals surface area (Å²) in [5.41, 5.74) is 5.62. The van der Waals surface area contributed by atoms with Gasteiger partial charge >= 0.3 is 11.9 Å². The van der Waals surface area contributed by atoms with E-state index in [1.807, 2.05) is 0 Å². The molecule has 8 heteroatoms. The molecule has 2 aliphatic heterocycles. The number of unbranched alkanes of at least 4 members (excludes halogenated alkanes) is 2. The van der Waals surface area contributed by atoms with E-state index in [1.54, 1.807) is 0 Å². The molecule has 0 bridgehead atoms. The van der Waals surface area contributed by atoms with Crippen molar-refractivity contribution in [3.05, 3.63) is 95.1 Å². The standard InChI is InChI=1S/C29H41NO3.C28H39NO3/c1-3-14-33-15-5-4-7-22-10-12-26-17-23(11-13-25(26)16-22)19-30-20-28(21-30)24-8-6-9-27(18-24)29(31)32-2;1-2-13-32-14-4-3-6-21-9-11-25-16-22(10-12-24(25)15-21)18-29-19-27(20-29)23-7-5-8-26(17-23)28(30)31/h10-13,16-17,24,27-28H,3-9,14-15,18-21H2,1-2H3;9-12,15-16,23,26-27H,2-8,13-14,17-20H2,1H3,(H,30,31). The first-order valence-electron chi connectivity index (χ1n) is 25.7. The summed E-state index contributed by atoms with van der Waals surface area (Å²) in [5.74, 6) is 2.15. The largest absolute Gasteiger partial charge is 0.481 e. The molecule has 0 amide bonds. The number of aliphatic carboxylic acids is 1. The average molecular weight is 889 g/mol. The summed E-state index contributed by atoms with van der Waals surface area (Å²) in [7, 11) is 1.52. The Morgan fingerprint density at radius 2 is 0.954 bits per heavy atom. The van der Waals surface area contributed by atoms with Crippen LogP contribution in [0.2, 0.25) is 0 Å². The van der Waals surface area contributed by atoms with Crippen molar-refractivity contribution in [3.63, 3.8) is 0 Å². The van der Waals surface area contributed by atoms with E-state index in [4.69, 9.17) is 14.2 Å². The number of esters is 1. The van der Waals surface area contributed by atoms with Crippen LogP contribution in [0.3, 0.4) is 0 Å². The highest BCUT2D eigenvalue weighted by molar-refractivity contribution is 5.84. The van der Waals surface area contributed by atoms with E-state index >= 15 is 0 Å². The highest BCUT2D eigenvalue weighted by Gasteiger charge is 2.39. The van der Waals surface area contributed by atoms with Gasteiger partial charge in [-0.05, 0) is 157 Å². The fraction of sp³-hybridized carbons (Fsp3) is 0.614. The molecular formula is C57H80N2O6. The predicted molar refractivity (Wildman–Crippen MR) is 264 cm³/mol. The van der Waals surface area contributed by atoms with E-state index in [-0.39, 0.29) is 17.8 Å². The Kier molecular flexibility index (Phi) is 19.1. The molecule has 65 heavy (non-hydrogen) atoms. The second-order valence-corrected chi connectivity index (χ2v) is 20.2. The average Bonchev–Trinajstić information content (AvgIpc) is 3.30. The SMILES string of the molecule is CCCOCCCCc1ccc2cc(CN3CC(C4CCCC(C(=O)O)C4)C3)ccc2c1.CCCOCCCCc1ccc2cc(CN3CC(C4CCCC(C(=O)OC)C4)C3)ccc2c1. The van der Waals surface area contributed by atoms with Gasteiger partial charge in [0, 0.05) is 65.7 Å². The smallest absolute Gasteiger partial charge is 0.308 e. The first-order valence-corrected chi connectivity index (χ1v) is 25.7. The maximum Gasteiger partial charge on any atom is 0.308 e. The minimum Gasteiger partial charge on any atom is -0.481 e. The van der Waals surface area contributed by atoms with E-state index in [2.05, 4.69) is 96.4 Å². The second kappa shape index (κ2) is 25.4. The Balaban J connectivity index is 0.000000194. The van der Waals surface area contributed by atoms with Crippen LogP contribution in [0, 0.1) is 35.5 Å². The molecule has 0 aromatic heterocycles. The number of carboxylic acid groups (broad SMARTS) is 1. The van der Waals surface area contributed by atoms with Crippen molar-refractivity contribution in [2.75, 3.05) is 59.7 Å². The van der Waals surface area contributed by atoms with E-state index in [1.165, 1.54) is 83.0 Å². The number of carbonyl (C=O) groups is 2. The van der Waals surface area contributed by atoms with Crippen molar-refractivity contribution in [1.29, 1.82) is 0 Å². The van der Waals surface area contributed by atoms with Crippen LogP contribution in [0.4, 0.5) is 0 Å². The third kappa shape index (κ3) is 14.6. The van der Waals surface area contributed by atoms with Crippen molar-refractivity contribution >= 4 is 33.5 Å². The van der Waals surface area contributed by atoms with Gasteiger partial charge in [-0.1, -0.05) is 100 Å². The molecule has 4 unspecified atom stereocenters. The van der Waals surface area contributed by atoms with Crippen molar-refractivity contribution in [3.8, 4) is 0 Å². The molecule has 0 spiro atoms. The molecule has 8 nitrogen and oxygen atoms in total. The number of likely N-dealkylation sites (tertiary alicyclic amines) is 2. The first kappa shape index (κ1) is 49.1. The number of hydrogen-bond acceptors (Lipinski definition) is 7. The topological polar surface area (TPSA) is 88.5 Å². The summed E-state index contributed by atoms with van der Waals surface area (Å²) in [4.78, 5) is 28.4. The number of nitrogens with zero attached hydrogens (tertiary/aromatic N) is 2. The van der Waals surface area contributed by atoms with Crippen molar-refractivity contribution in [2.24, 2.45) is 35.5 Å². The van der Waals surface area contributed by atoms with Gasteiger partial charge < -0.3 is 19.3 Å². The van der Waals surface area contributed by atoms with Crippen molar-refractivity contribution in [2.45, 2.75) is 130 Å². The second-order valence-electron chi connectivity index (χ2n) is 20.2. The zero-order chi connectivity index (χ0) is 45.4. The van der Waals surface area contributed by atoms with Crippen LogP contribution >= 0.6 is 0 Å². The summed E-state index contributed by atoms with van der Waals surface area (Å²) < 4.78 is 16.2. The lowest BCUT2D eigenvalue weighted by Gasteiger charge is -2.45. The lowest BCUT2D eigenvalue weighted by Crippen LogP contribution is -2.50. The molecule has 2 aliphatic carbocycles. The Morgan fingerprint density at radius 1 is 0.538 bits per heavy atom. The fourth-order valence-electron chi connectivity index (χ4n) is 11.3. The molecule has 4 aromatic rings. The zero-order valence-electron chi connectivity index (χ0n) is 40.2. The fourth-order valence-corrected chi connectivity index (χ4v) is 11.3. The summed E-state index contributed by atoms with van der Waals surface area (Å²) in [5, 5.41) is 14.7. The van der Waals surface area contributed by atoms with Crippen LogP contribution in [-0.4, -0.2) is 86.6 Å². The van der Waals surface area contributed by atoms with Crippen molar-refractivity contribution in [1.82, 2.24) is 9.80 Å². The van der Waals surface area contributed by atoms with Gasteiger partial charge in [0.2, 0.25) is 0 Å². The quantitative estimate of drug-likeness (QED) is 0.0617. The van der Waals surface area contributed by atoms with E-state index in [9.17, 15) is 14.7 Å². The Labute approximate surface area is 390 Å². The van der Waals surface area contributed by atoms with Gasteiger partial charge in [0.15, 0.2) is 0 Å². The molecule has 4 aliphatic rings. The van der Waals surface area contributed by atoms with Gasteiger partial charge in [0.05, 0.1) is 18.9 Å². The first-order chi connectivity index (χ1) is 31.8. The number of hydrogen-bond donors (Lipinski definition) is 1. The van der Waals surface area contributed by atoms with Gasteiger partial charge in [-0.25, -0.2) is 0 Å². The lowest BCUT2D eigenvalue weighted by atomic mass is 9.72. The number of carboxylic acids is 1. The van der Waals surface area contributed by atoms with Crippen LogP contribution in [0.15, 0.2) is 72.8 Å². The highest BCUT2D eigenvalue weighted by Crippen LogP contribution is 2.40. The minimum absolute atomic E-state index is 0.00353. The molecule has 4 atom stereocenters. The molecule has 8 rings (SSSR count). The summed E-state index contributed by atoms with van der Waals surface area (Å²) in [6, 6.07) is 27.7. The molecule has 2 heterocycles. The number of aryl methyl sites for hydroxylation is 2.